The van der Waals surface area contributed by atoms with Gasteiger partial charge < -0.3 is 10.2 Å². The Morgan fingerprint density at radius 3 is 2.41 bits per heavy atom. The van der Waals surface area contributed by atoms with Crippen LogP contribution in [0.2, 0.25) is 0 Å². The van der Waals surface area contributed by atoms with E-state index in [-0.39, 0.29) is 18.4 Å². The first-order chi connectivity index (χ1) is 13.8. The SMILES string of the molecule is C#Cc1cccc(NC(=O)CN(C)C(=O)c2ccc(CN(CC)C(C)C)cc2)c1. The predicted molar refractivity (Wildman–Crippen MR) is 118 cm³/mol. The number of terminal acetylenes is 1. The number of benzene rings is 2. The van der Waals surface area contributed by atoms with E-state index in [2.05, 4.69) is 36.9 Å². The highest BCUT2D eigenvalue weighted by atomic mass is 16.2. The Morgan fingerprint density at radius 2 is 1.83 bits per heavy atom. The van der Waals surface area contributed by atoms with Crippen molar-refractivity contribution in [1.29, 1.82) is 0 Å². The van der Waals surface area contributed by atoms with Crippen molar-refractivity contribution in [2.24, 2.45) is 0 Å². The molecule has 0 atom stereocenters. The summed E-state index contributed by atoms with van der Waals surface area (Å²) in [6.07, 6.45) is 5.38. The lowest BCUT2D eigenvalue weighted by Crippen LogP contribution is -2.35. The molecule has 29 heavy (non-hydrogen) atoms. The maximum absolute atomic E-state index is 12.6. The van der Waals surface area contributed by atoms with Crippen molar-refractivity contribution in [1.82, 2.24) is 9.80 Å². The zero-order valence-electron chi connectivity index (χ0n) is 17.6. The molecule has 5 nitrogen and oxygen atoms in total. The lowest BCUT2D eigenvalue weighted by atomic mass is 10.1. The minimum absolute atomic E-state index is 0.0438. The first-order valence-corrected chi connectivity index (χ1v) is 9.79. The van der Waals surface area contributed by atoms with E-state index in [1.807, 2.05) is 24.3 Å². The maximum Gasteiger partial charge on any atom is 0.254 e. The van der Waals surface area contributed by atoms with Crippen LogP contribution in [0.4, 0.5) is 5.69 Å². The summed E-state index contributed by atoms with van der Waals surface area (Å²) in [6, 6.07) is 15.1. The van der Waals surface area contributed by atoms with Crippen molar-refractivity contribution < 1.29 is 9.59 Å². The van der Waals surface area contributed by atoms with E-state index >= 15 is 0 Å². The molecule has 0 spiro atoms. The van der Waals surface area contributed by atoms with Gasteiger partial charge in [0, 0.05) is 36.4 Å². The van der Waals surface area contributed by atoms with Crippen LogP contribution in [-0.4, -0.2) is 47.8 Å². The van der Waals surface area contributed by atoms with Crippen LogP contribution in [0.15, 0.2) is 48.5 Å². The van der Waals surface area contributed by atoms with Crippen molar-refractivity contribution in [3.05, 3.63) is 65.2 Å². The second-order valence-corrected chi connectivity index (χ2v) is 7.29. The van der Waals surface area contributed by atoms with E-state index < -0.39 is 0 Å². The van der Waals surface area contributed by atoms with E-state index in [9.17, 15) is 9.59 Å². The minimum Gasteiger partial charge on any atom is -0.332 e. The molecule has 2 rings (SSSR count). The zero-order valence-corrected chi connectivity index (χ0v) is 17.6. The summed E-state index contributed by atoms with van der Waals surface area (Å²) in [7, 11) is 1.62. The van der Waals surface area contributed by atoms with Crippen LogP contribution in [0.5, 0.6) is 0 Å². The molecule has 152 valence electrons. The van der Waals surface area contributed by atoms with E-state index in [0.717, 1.165) is 18.7 Å². The summed E-state index contributed by atoms with van der Waals surface area (Å²) in [5.74, 6) is 2.06. The quantitative estimate of drug-likeness (QED) is 0.700. The Balaban J connectivity index is 1.95. The second-order valence-electron chi connectivity index (χ2n) is 7.29. The summed E-state index contributed by atoms with van der Waals surface area (Å²) < 4.78 is 0. The monoisotopic (exact) mass is 391 g/mol. The van der Waals surface area contributed by atoms with E-state index in [4.69, 9.17) is 6.42 Å². The summed E-state index contributed by atoms with van der Waals surface area (Å²) >= 11 is 0. The molecule has 0 radical (unpaired) electrons. The van der Waals surface area contributed by atoms with Crippen molar-refractivity contribution in [3.63, 3.8) is 0 Å². The molecule has 5 heteroatoms. The summed E-state index contributed by atoms with van der Waals surface area (Å²) in [6.45, 7) is 8.25. The molecule has 0 heterocycles. The lowest BCUT2D eigenvalue weighted by molar-refractivity contribution is -0.116. The molecule has 0 saturated carbocycles. The number of hydrogen-bond acceptors (Lipinski definition) is 3. The molecule has 0 fully saturated rings. The van der Waals surface area contributed by atoms with Gasteiger partial charge in [-0.1, -0.05) is 31.0 Å². The predicted octanol–water partition coefficient (Wildman–Crippen LogP) is 3.61. The third-order valence-electron chi connectivity index (χ3n) is 4.76. The average molecular weight is 392 g/mol. The van der Waals surface area contributed by atoms with Gasteiger partial charge in [0.05, 0.1) is 6.54 Å². The molecule has 0 aromatic heterocycles. The van der Waals surface area contributed by atoms with Gasteiger partial charge in [-0.3, -0.25) is 14.5 Å². The van der Waals surface area contributed by atoms with Crippen LogP contribution >= 0.6 is 0 Å². The van der Waals surface area contributed by atoms with Crippen molar-refractivity contribution in [2.75, 3.05) is 25.5 Å². The van der Waals surface area contributed by atoms with Crippen LogP contribution in [0.3, 0.4) is 0 Å². The summed E-state index contributed by atoms with van der Waals surface area (Å²) in [4.78, 5) is 28.7. The topological polar surface area (TPSA) is 52.7 Å². The third-order valence-corrected chi connectivity index (χ3v) is 4.76. The summed E-state index contributed by atoms with van der Waals surface area (Å²) in [5, 5.41) is 2.77. The van der Waals surface area contributed by atoms with E-state index in [1.165, 1.54) is 4.90 Å². The molecule has 2 aromatic carbocycles. The molecule has 1 N–H and O–H groups in total. The van der Waals surface area contributed by atoms with Gasteiger partial charge in [0.15, 0.2) is 0 Å². The number of likely N-dealkylation sites (N-methyl/N-ethyl adjacent to an activating group) is 1. The Morgan fingerprint density at radius 1 is 1.14 bits per heavy atom. The standard InChI is InChI=1S/C24H29N3O2/c1-6-19-9-8-10-22(15-19)25-23(28)17-26(5)24(29)21-13-11-20(12-14-21)16-27(7-2)18(3)4/h1,8-15,18H,7,16-17H2,2-5H3,(H,25,28). The third kappa shape index (κ3) is 6.48. The fraction of sp³-hybridized carbons (Fsp3) is 0.333. The van der Waals surface area contributed by atoms with Crippen LogP contribution < -0.4 is 5.32 Å². The molecular weight excluding hydrogens is 362 g/mol. The van der Waals surface area contributed by atoms with Gasteiger partial charge >= 0.3 is 0 Å². The normalized spacial score (nSPS) is 10.7. The lowest BCUT2D eigenvalue weighted by Gasteiger charge is -2.24. The fourth-order valence-corrected chi connectivity index (χ4v) is 3.04. The number of carbonyl (C=O) groups is 2. The maximum atomic E-state index is 12.6. The molecule has 2 aromatic rings. The molecule has 0 aliphatic carbocycles. The van der Waals surface area contributed by atoms with E-state index in [0.29, 0.717) is 22.9 Å². The van der Waals surface area contributed by atoms with Crippen LogP contribution in [0.25, 0.3) is 0 Å². The Bertz CT molecular complexity index is 882. The summed E-state index contributed by atoms with van der Waals surface area (Å²) in [5.41, 5.74) is 3.02. The number of nitrogens with one attached hydrogen (secondary N) is 1. The van der Waals surface area contributed by atoms with E-state index in [1.54, 1.807) is 31.3 Å². The van der Waals surface area contributed by atoms with Gasteiger partial charge in [-0.05, 0) is 56.3 Å². The van der Waals surface area contributed by atoms with Crippen LogP contribution in [0.1, 0.15) is 42.3 Å². The molecule has 0 saturated heterocycles. The number of rotatable bonds is 8. The molecule has 0 bridgehead atoms. The minimum atomic E-state index is -0.276. The van der Waals surface area contributed by atoms with Gasteiger partial charge in [0.25, 0.3) is 5.91 Å². The highest BCUT2D eigenvalue weighted by Gasteiger charge is 2.16. The van der Waals surface area contributed by atoms with Crippen LogP contribution in [-0.2, 0) is 11.3 Å². The molecule has 0 aliphatic heterocycles. The van der Waals surface area contributed by atoms with Gasteiger partial charge in [-0.15, -0.1) is 6.42 Å². The Kier molecular flexibility index (Phi) is 7.99. The average Bonchev–Trinajstić information content (AvgIpc) is 2.71. The Hall–Kier alpha value is -3.10. The largest absolute Gasteiger partial charge is 0.332 e. The Labute approximate surface area is 173 Å². The van der Waals surface area contributed by atoms with Crippen LogP contribution in [0, 0.1) is 12.3 Å². The first kappa shape index (κ1) is 22.2. The number of nitrogens with zero attached hydrogens (tertiary/aromatic N) is 2. The first-order valence-electron chi connectivity index (χ1n) is 9.79. The fourth-order valence-electron chi connectivity index (χ4n) is 3.04. The number of hydrogen-bond donors (Lipinski definition) is 1. The number of carbonyl (C=O) groups excluding carboxylic acids is 2. The molecule has 0 unspecified atom stereocenters. The van der Waals surface area contributed by atoms with Crippen molar-refractivity contribution >= 4 is 17.5 Å². The molecular formula is C24H29N3O2. The zero-order chi connectivity index (χ0) is 21.4. The van der Waals surface area contributed by atoms with Crippen molar-refractivity contribution in [2.45, 2.75) is 33.4 Å². The second kappa shape index (κ2) is 10.4. The highest BCUT2D eigenvalue weighted by molar-refractivity contribution is 5.99. The number of anilines is 1. The van der Waals surface area contributed by atoms with Gasteiger partial charge in [0.2, 0.25) is 5.91 Å². The highest BCUT2D eigenvalue weighted by Crippen LogP contribution is 2.12. The number of amides is 2. The molecule has 0 aliphatic rings. The molecule has 2 amide bonds. The van der Waals surface area contributed by atoms with Gasteiger partial charge in [0.1, 0.15) is 0 Å². The van der Waals surface area contributed by atoms with Gasteiger partial charge in [-0.25, -0.2) is 0 Å². The smallest absolute Gasteiger partial charge is 0.254 e. The van der Waals surface area contributed by atoms with Crippen molar-refractivity contribution in [3.8, 4) is 12.3 Å². The van der Waals surface area contributed by atoms with Gasteiger partial charge in [-0.2, -0.15) is 0 Å².